The molecule has 1 unspecified atom stereocenters. The van der Waals surface area contributed by atoms with Gasteiger partial charge in [0.05, 0.1) is 37.0 Å². The van der Waals surface area contributed by atoms with E-state index in [4.69, 9.17) is 30.5 Å². The van der Waals surface area contributed by atoms with Gasteiger partial charge < -0.3 is 23.8 Å². The van der Waals surface area contributed by atoms with Crippen molar-refractivity contribution in [1.29, 1.82) is 0 Å². The fourth-order valence-electron chi connectivity index (χ4n) is 7.81. The van der Waals surface area contributed by atoms with E-state index in [1.807, 2.05) is 30.4 Å². The van der Waals surface area contributed by atoms with Gasteiger partial charge in [0.2, 0.25) is 5.88 Å². The Bertz CT molecular complexity index is 1910. The third kappa shape index (κ3) is 8.23. The molecular weight excluding hydrogens is 718 g/mol. The van der Waals surface area contributed by atoms with Crippen LogP contribution in [0.5, 0.6) is 11.6 Å². The normalized spacial score (nSPS) is 22.2. The largest absolute Gasteiger partial charge is 0.490 e. The van der Waals surface area contributed by atoms with Crippen LogP contribution in [0.4, 0.5) is 5.69 Å². The van der Waals surface area contributed by atoms with Gasteiger partial charge in [-0.1, -0.05) is 29.8 Å². The number of halogens is 1. The predicted octanol–water partition coefficient (Wildman–Crippen LogP) is 5.63. The van der Waals surface area contributed by atoms with E-state index in [1.165, 1.54) is 29.1 Å². The summed E-state index contributed by atoms with van der Waals surface area (Å²) in [7, 11) is 2.95. The van der Waals surface area contributed by atoms with Gasteiger partial charge in [0, 0.05) is 43.9 Å². The molecule has 0 radical (unpaired) electrons. The lowest BCUT2D eigenvalue weighted by atomic mass is 9.68. The summed E-state index contributed by atoms with van der Waals surface area (Å²) in [4.78, 5) is 31.5. The third-order valence-electron chi connectivity index (χ3n) is 10.8. The third-order valence-corrected chi connectivity index (χ3v) is 12.1. The highest BCUT2D eigenvalue weighted by molar-refractivity contribution is 7.83. The summed E-state index contributed by atoms with van der Waals surface area (Å²) >= 11 is 6.46. The predicted molar refractivity (Wildman–Crippen MR) is 205 cm³/mol. The maximum absolute atomic E-state index is 13.7. The number of aromatic nitrogens is 2. The summed E-state index contributed by atoms with van der Waals surface area (Å²) in [6.45, 7) is 8.81. The highest BCUT2D eigenvalue weighted by Crippen LogP contribution is 2.47. The molecule has 12 nitrogen and oxygen atoms in total. The first-order chi connectivity index (χ1) is 25.4. The monoisotopic (exact) mass is 765 g/mol. The van der Waals surface area contributed by atoms with Crippen molar-refractivity contribution in [3.05, 3.63) is 76.5 Å². The molecule has 3 aliphatic rings. The van der Waals surface area contributed by atoms with Crippen LogP contribution in [0.25, 0.3) is 0 Å². The molecule has 284 valence electrons. The Balaban J connectivity index is 1.27. The van der Waals surface area contributed by atoms with E-state index in [0.717, 1.165) is 49.4 Å². The van der Waals surface area contributed by atoms with E-state index < -0.39 is 28.4 Å². The van der Waals surface area contributed by atoms with Crippen LogP contribution >= 0.6 is 11.6 Å². The summed E-state index contributed by atoms with van der Waals surface area (Å²) in [5.74, 6) is 0.413. The molecule has 53 heavy (non-hydrogen) atoms. The zero-order valence-corrected chi connectivity index (χ0v) is 32.5. The lowest BCUT2D eigenvalue weighted by molar-refractivity contribution is -0.137. The molecule has 2 amide bonds. The molecular formula is C39H48ClN5O7S. The summed E-state index contributed by atoms with van der Waals surface area (Å²) in [6, 6.07) is 11.6. The van der Waals surface area contributed by atoms with Crippen LogP contribution in [-0.4, -0.2) is 84.7 Å². The Hall–Kier alpha value is -4.04. The number of carbonyl (C=O) groups is 2. The van der Waals surface area contributed by atoms with Gasteiger partial charge in [0.1, 0.15) is 16.9 Å². The lowest BCUT2D eigenvalue weighted by Crippen LogP contribution is -2.49. The van der Waals surface area contributed by atoms with Crippen LogP contribution in [0.2, 0.25) is 5.02 Å². The number of hydrogen-bond acceptors (Lipinski definition) is 9. The second kappa shape index (κ2) is 16.1. The van der Waals surface area contributed by atoms with Crippen molar-refractivity contribution in [3.8, 4) is 11.6 Å². The van der Waals surface area contributed by atoms with Crippen LogP contribution in [0.3, 0.4) is 0 Å². The highest BCUT2D eigenvalue weighted by atomic mass is 35.5. The van der Waals surface area contributed by atoms with Crippen LogP contribution in [0.1, 0.15) is 61.0 Å². The van der Waals surface area contributed by atoms with Gasteiger partial charge in [-0.2, -0.15) is 0 Å². The second-order valence-corrected chi connectivity index (χ2v) is 16.2. The lowest BCUT2D eigenvalue weighted by Gasteiger charge is -2.46. The average molecular weight is 766 g/mol. The van der Waals surface area contributed by atoms with E-state index in [-0.39, 0.29) is 41.4 Å². The number of fused-ring (bicyclic) bond motifs is 3. The van der Waals surface area contributed by atoms with Crippen molar-refractivity contribution in [3.63, 3.8) is 0 Å². The fraction of sp³-hybridized carbons (Fsp3) is 0.487. The first-order valence-electron chi connectivity index (χ1n) is 17.8. The molecule has 6 rings (SSSR count). The van der Waals surface area contributed by atoms with Gasteiger partial charge in [-0.25, -0.2) is 9.20 Å². The van der Waals surface area contributed by atoms with Gasteiger partial charge in [-0.05, 0) is 106 Å². The highest BCUT2D eigenvalue weighted by Gasteiger charge is 2.44. The number of amides is 2. The first kappa shape index (κ1) is 38.7. The van der Waals surface area contributed by atoms with E-state index in [0.29, 0.717) is 23.8 Å². The molecule has 2 aromatic carbocycles. The van der Waals surface area contributed by atoms with Gasteiger partial charge in [-0.15, -0.1) is 5.10 Å². The minimum Gasteiger partial charge on any atom is -0.490 e. The minimum absolute atomic E-state index is 0.151. The van der Waals surface area contributed by atoms with Crippen molar-refractivity contribution in [2.75, 3.05) is 45.4 Å². The van der Waals surface area contributed by atoms with Gasteiger partial charge in [0.15, 0.2) is 11.0 Å². The molecule has 5 atom stereocenters. The van der Waals surface area contributed by atoms with E-state index in [1.54, 1.807) is 34.1 Å². The molecule has 1 aromatic heterocycles. The average Bonchev–Trinajstić information content (AvgIpc) is 3.45. The first-order valence-corrected chi connectivity index (χ1v) is 19.4. The summed E-state index contributed by atoms with van der Waals surface area (Å²) in [5, 5.41) is 4.87. The Morgan fingerprint density at radius 3 is 2.77 bits per heavy atom. The summed E-state index contributed by atoms with van der Waals surface area (Å²) in [5.41, 5.74) is 2.17. The van der Waals surface area contributed by atoms with Crippen LogP contribution < -0.4 is 19.1 Å². The number of benzene rings is 2. The van der Waals surface area contributed by atoms with Crippen LogP contribution in [-0.2, 0) is 44.1 Å². The Morgan fingerprint density at radius 2 is 2.06 bits per heavy atom. The quantitative estimate of drug-likeness (QED) is 0.174. The number of aliphatic imine (C=N–C) groups is 1. The number of anilines is 1. The fourth-order valence-corrected chi connectivity index (χ4v) is 8.81. The standard InChI is InChI=1S/C39H48ClN5O7S/c1-38(2,37(47)41-3)52-18-8-10-33(49-5)29-14-11-26(29)21-45-23-39(17-7-9-25-19-27(40)12-15-31(25)39)24-51-34-16-13-28(20-32(34)45)53(48)43-35(46)30-22-44(4)42-36(30)50-6/h8,10,12-13,15-16,19-20,22,26,29,33H,3,7,9,11,14,17-18,21,23-24H2,1-2,4-6H3,(H,43,46)/b10-8+/t26-,29+,33-,39-,53?/m0/s1. The van der Waals surface area contributed by atoms with Crippen molar-refractivity contribution < 1.29 is 32.7 Å². The van der Waals surface area contributed by atoms with E-state index >= 15 is 0 Å². The van der Waals surface area contributed by atoms with Crippen molar-refractivity contribution in [2.24, 2.45) is 23.9 Å². The molecule has 1 saturated carbocycles. The second-order valence-electron chi connectivity index (χ2n) is 14.6. The maximum atomic E-state index is 13.7. The maximum Gasteiger partial charge on any atom is 0.276 e. The number of aryl methyl sites for hydroxylation is 2. The number of nitrogens with one attached hydrogen (secondary N) is 1. The Kier molecular flexibility index (Phi) is 11.8. The summed E-state index contributed by atoms with van der Waals surface area (Å²) < 4.78 is 41.4. The molecule has 14 heteroatoms. The number of methoxy groups -OCH3 is 2. The Labute approximate surface area is 318 Å². The molecule has 1 spiro atoms. The van der Waals surface area contributed by atoms with Crippen molar-refractivity contribution in [2.45, 2.75) is 68.0 Å². The minimum atomic E-state index is -1.88. The van der Waals surface area contributed by atoms with Gasteiger partial charge in [-0.3, -0.25) is 19.0 Å². The molecule has 2 heterocycles. The van der Waals surface area contributed by atoms with Crippen LogP contribution in [0.15, 0.2) is 64.6 Å². The molecule has 0 saturated heterocycles. The molecule has 3 aromatic rings. The molecule has 1 N–H and O–H groups in total. The topological polar surface area (TPSA) is 134 Å². The van der Waals surface area contributed by atoms with Crippen molar-refractivity contribution in [1.82, 2.24) is 14.5 Å². The van der Waals surface area contributed by atoms with E-state index in [2.05, 4.69) is 38.6 Å². The molecule has 1 fully saturated rings. The molecule has 2 aliphatic carbocycles. The van der Waals surface area contributed by atoms with Crippen LogP contribution in [0, 0.1) is 11.8 Å². The Morgan fingerprint density at radius 1 is 1.25 bits per heavy atom. The van der Waals surface area contributed by atoms with Gasteiger partial charge >= 0.3 is 0 Å². The van der Waals surface area contributed by atoms with Gasteiger partial charge in [0.25, 0.3) is 11.8 Å². The molecule has 0 bridgehead atoms. The summed E-state index contributed by atoms with van der Waals surface area (Å²) in [6.07, 6.45) is 10.2. The van der Waals surface area contributed by atoms with E-state index in [9.17, 15) is 13.8 Å². The number of carbonyl (C=O) groups excluding carboxylic acids is 2. The number of nitrogens with zero attached hydrogens (tertiary/aromatic N) is 4. The number of hydrogen-bond donors (Lipinski definition) is 1. The smallest absolute Gasteiger partial charge is 0.276 e. The SMILES string of the molecule is C=NC(=O)C(C)(C)OC/C=C/[C@H](OC)[C@@H]1CC[C@H]1CN1C[C@@]2(CCCc3cc(Cl)ccc32)COc2ccc(S(=O)NC(=O)c3cn(C)nc3OC)cc21. The zero-order valence-electron chi connectivity index (χ0n) is 30.9. The molecule has 1 aliphatic heterocycles. The van der Waals surface area contributed by atoms with Crippen molar-refractivity contribution >= 4 is 46.8 Å². The number of ether oxygens (including phenoxy) is 4. The number of rotatable bonds is 13. The zero-order chi connectivity index (χ0) is 37.9.